The van der Waals surface area contributed by atoms with Crippen molar-refractivity contribution in [3.8, 4) is 5.75 Å². The largest absolute Gasteiger partial charge is 0.508 e. The van der Waals surface area contributed by atoms with E-state index in [0.717, 1.165) is 10.9 Å². The molecule has 0 saturated heterocycles. The Morgan fingerprint density at radius 2 is 1.28 bits per heavy atom. The number of nitrogens with two attached hydrogens (primary N) is 1. The molecular weight excluding hydrogens is 706 g/mol. The lowest BCUT2D eigenvalue weighted by atomic mass is 10.00. The number of aliphatic hydroxyl groups excluding tert-OH is 1. The molecule has 0 aliphatic rings. The van der Waals surface area contributed by atoms with Crippen LogP contribution in [0.2, 0.25) is 0 Å². The third kappa shape index (κ3) is 12.9. The monoisotopic (exact) mass is 753 g/mol. The summed E-state index contributed by atoms with van der Waals surface area (Å²) in [5.74, 6) is -7.19. The van der Waals surface area contributed by atoms with E-state index in [1.165, 1.54) is 24.3 Å². The minimum absolute atomic E-state index is 0.0228. The van der Waals surface area contributed by atoms with Crippen LogP contribution in [0.25, 0.3) is 10.9 Å². The maximum atomic E-state index is 14.0. The van der Waals surface area contributed by atoms with Gasteiger partial charge in [0.25, 0.3) is 0 Å². The van der Waals surface area contributed by atoms with Gasteiger partial charge in [0.15, 0.2) is 0 Å². The summed E-state index contributed by atoms with van der Waals surface area (Å²) in [6.45, 7) is 2.16. The quantitative estimate of drug-likeness (QED) is 0.0626. The number of amides is 5. The first-order valence-electron chi connectivity index (χ1n) is 17.2. The second kappa shape index (κ2) is 20.3. The van der Waals surface area contributed by atoms with E-state index in [0.29, 0.717) is 11.1 Å². The summed E-state index contributed by atoms with van der Waals surface area (Å²) in [6.07, 6.45) is 0.545. The third-order valence-corrected chi connectivity index (χ3v) is 8.36. The summed E-state index contributed by atoms with van der Waals surface area (Å²) >= 11 is 0. The number of benzene rings is 2. The number of carbonyl (C=O) groups excluding carboxylic acids is 5. The van der Waals surface area contributed by atoms with E-state index >= 15 is 0 Å². The van der Waals surface area contributed by atoms with Crippen LogP contribution < -0.4 is 32.3 Å². The normalized spacial score (nSPS) is 13.9. The molecule has 5 atom stereocenters. The van der Waals surface area contributed by atoms with Crippen LogP contribution in [0, 0.1) is 5.92 Å². The van der Waals surface area contributed by atoms with Crippen LogP contribution in [0.15, 0.2) is 54.7 Å². The van der Waals surface area contributed by atoms with Gasteiger partial charge >= 0.3 is 11.9 Å². The highest BCUT2D eigenvalue weighted by Crippen LogP contribution is 2.20. The number of hydrogen-bond acceptors (Lipinski definition) is 10. The Hall–Kier alpha value is -6.01. The first-order valence-corrected chi connectivity index (χ1v) is 17.2. The lowest BCUT2D eigenvalue weighted by Crippen LogP contribution is -2.60. The van der Waals surface area contributed by atoms with Crippen LogP contribution in [-0.4, -0.2) is 110 Å². The molecule has 5 amide bonds. The molecule has 0 spiro atoms. The van der Waals surface area contributed by atoms with Gasteiger partial charge in [0.2, 0.25) is 29.5 Å². The highest BCUT2D eigenvalue weighted by molar-refractivity contribution is 5.97. The number of rotatable bonds is 21. The molecule has 292 valence electrons. The van der Waals surface area contributed by atoms with Crippen LogP contribution in [-0.2, 0) is 46.4 Å². The molecule has 0 unspecified atom stereocenters. The highest BCUT2D eigenvalue weighted by Gasteiger charge is 2.33. The van der Waals surface area contributed by atoms with Crippen molar-refractivity contribution in [3.05, 3.63) is 65.9 Å². The van der Waals surface area contributed by atoms with Crippen molar-refractivity contribution in [1.29, 1.82) is 0 Å². The molecular formula is C36H47N7O11. The van der Waals surface area contributed by atoms with Crippen LogP contribution in [0.1, 0.15) is 44.2 Å². The lowest BCUT2D eigenvalue weighted by molar-refractivity contribution is -0.143. The van der Waals surface area contributed by atoms with E-state index in [9.17, 15) is 48.9 Å². The van der Waals surface area contributed by atoms with Gasteiger partial charge < -0.3 is 57.7 Å². The van der Waals surface area contributed by atoms with Gasteiger partial charge in [0.05, 0.1) is 13.2 Å². The van der Waals surface area contributed by atoms with E-state index in [1.807, 2.05) is 0 Å². The average molecular weight is 754 g/mol. The van der Waals surface area contributed by atoms with E-state index in [4.69, 9.17) is 10.8 Å². The smallest absolute Gasteiger partial charge is 0.326 e. The SMILES string of the molecule is CC(C)C[C@H](NC(=O)[C@H](Cc1c[nH]c2ccccc12)NC(=O)[C@H](CO)NC(=O)[C@H](Cc1ccc(O)cc1)NC(=O)CN)C(=O)N[C@@H](CCC(=O)O)C(=O)O. The number of aliphatic hydroxyl groups is 1. The maximum absolute atomic E-state index is 14.0. The predicted octanol–water partition coefficient (Wildman–Crippen LogP) is -0.971. The number of carboxylic acids is 2. The van der Waals surface area contributed by atoms with E-state index < -0.39 is 97.7 Å². The number of carboxylic acid groups (broad SMARTS) is 2. The van der Waals surface area contributed by atoms with Crippen molar-refractivity contribution in [3.63, 3.8) is 0 Å². The Kier molecular flexibility index (Phi) is 15.9. The highest BCUT2D eigenvalue weighted by atomic mass is 16.4. The van der Waals surface area contributed by atoms with Crippen molar-refractivity contribution >= 4 is 52.4 Å². The van der Waals surface area contributed by atoms with E-state index in [1.54, 1.807) is 44.3 Å². The van der Waals surface area contributed by atoms with Gasteiger partial charge in [-0.3, -0.25) is 28.8 Å². The fourth-order valence-electron chi connectivity index (χ4n) is 5.57. The molecule has 0 radical (unpaired) electrons. The molecule has 0 aliphatic heterocycles. The number of aromatic nitrogens is 1. The molecule has 2 aromatic carbocycles. The number of aliphatic carboxylic acids is 2. The van der Waals surface area contributed by atoms with Gasteiger partial charge in [0.1, 0.15) is 36.0 Å². The summed E-state index contributed by atoms with van der Waals surface area (Å²) < 4.78 is 0. The second-order valence-electron chi connectivity index (χ2n) is 13.1. The molecule has 0 bridgehead atoms. The lowest BCUT2D eigenvalue weighted by Gasteiger charge is -2.27. The summed E-state index contributed by atoms with van der Waals surface area (Å²) in [4.78, 5) is 92.4. The van der Waals surface area contributed by atoms with E-state index in [2.05, 4.69) is 31.6 Å². The molecule has 1 heterocycles. The van der Waals surface area contributed by atoms with Gasteiger partial charge in [-0.25, -0.2) is 4.79 Å². The molecule has 0 aliphatic carbocycles. The molecule has 1 aromatic heterocycles. The standard InChI is InChI=1S/C36H47N7O11/c1-19(2)13-26(32(49)40-25(36(53)54)11-12-31(47)48)41-34(51)28(15-21-17-38-24-6-4-3-5-23(21)24)42-35(52)29(18-44)43-33(50)27(39-30(46)16-37)14-20-7-9-22(45)10-8-20/h3-10,17,19,25-29,38,44-45H,11-16,18,37H2,1-2H3,(H,39,46)(H,40,49)(H,41,51)(H,42,52)(H,43,50)(H,47,48)(H,53,54)/t25-,26-,27-,28-,29-/m0/s1. The molecule has 0 saturated carbocycles. The first kappa shape index (κ1) is 42.4. The molecule has 18 nitrogen and oxygen atoms in total. The summed E-state index contributed by atoms with van der Waals surface area (Å²) in [5, 5.41) is 51.4. The Labute approximate surface area is 310 Å². The van der Waals surface area contributed by atoms with Crippen LogP contribution in [0.4, 0.5) is 0 Å². The van der Waals surface area contributed by atoms with Crippen molar-refractivity contribution in [1.82, 2.24) is 31.6 Å². The number of aromatic hydroxyl groups is 1. The fourth-order valence-corrected chi connectivity index (χ4v) is 5.57. The van der Waals surface area contributed by atoms with Crippen LogP contribution in [0.5, 0.6) is 5.75 Å². The Morgan fingerprint density at radius 3 is 1.87 bits per heavy atom. The Bertz CT molecular complexity index is 1790. The number of phenolic OH excluding ortho intramolecular Hbond substituents is 1. The average Bonchev–Trinajstić information content (AvgIpc) is 3.54. The van der Waals surface area contributed by atoms with Crippen molar-refractivity contribution in [2.75, 3.05) is 13.2 Å². The zero-order chi connectivity index (χ0) is 39.9. The summed E-state index contributed by atoms with van der Waals surface area (Å²) in [7, 11) is 0. The van der Waals surface area contributed by atoms with Gasteiger partial charge in [0, 0.05) is 36.4 Å². The van der Waals surface area contributed by atoms with E-state index in [-0.39, 0.29) is 30.9 Å². The molecule has 12 N–H and O–H groups in total. The minimum Gasteiger partial charge on any atom is -0.508 e. The van der Waals surface area contributed by atoms with Crippen molar-refractivity contribution in [2.24, 2.45) is 11.7 Å². The number of aromatic amines is 1. The number of H-pyrrole nitrogens is 1. The fraction of sp³-hybridized carbons (Fsp3) is 0.417. The summed E-state index contributed by atoms with van der Waals surface area (Å²) in [6, 6.07) is 5.86. The van der Waals surface area contributed by atoms with Gasteiger partial charge in [-0.2, -0.15) is 0 Å². The number of hydrogen-bond donors (Lipinski definition) is 11. The number of phenols is 1. The summed E-state index contributed by atoms with van der Waals surface area (Å²) in [5.41, 5.74) is 7.30. The molecule has 18 heteroatoms. The second-order valence-corrected chi connectivity index (χ2v) is 13.1. The number of carbonyl (C=O) groups is 7. The first-order chi connectivity index (χ1) is 25.6. The molecule has 3 aromatic rings. The van der Waals surface area contributed by atoms with Gasteiger partial charge in [-0.15, -0.1) is 0 Å². The number of nitrogens with one attached hydrogen (secondary N) is 6. The zero-order valence-corrected chi connectivity index (χ0v) is 29.8. The number of para-hydroxylation sites is 1. The third-order valence-electron chi connectivity index (χ3n) is 8.36. The Balaban J connectivity index is 1.87. The van der Waals surface area contributed by atoms with Gasteiger partial charge in [-0.05, 0) is 48.1 Å². The maximum Gasteiger partial charge on any atom is 0.326 e. The van der Waals surface area contributed by atoms with Crippen LogP contribution in [0.3, 0.4) is 0 Å². The van der Waals surface area contributed by atoms with Crippen molar-refractivity contribution < 1.29 is 54.0 Å². The topological polar surface area (TPSA) is 302 Å². The van der Waals surface area contributed by atoms with Gasteiger partial charge in [-0.1, -0.05) is 44.2 Å². The number of fused-ring (bicyclic) bond motifs is 1. The predicted molar refractivity (Wildman–Crippen MR) is 194 cm³/mol. The molecule has 54 heavy (non-hydrogen) atoms. The van der Waals surface area contributed by atoms with Crippen molar-refractivity contribution in [2.45, 2.75) is 76.2 Å². The molecule has 0 fully saturated rings. The minimum atomic E-state index is -1.62. The molecule has 3 rings (SSSR count). The Morgan fingerprint density at radius 1 is 0.722 bits per heavy atom. The van der Waals surface area contributed by atoms with Crippen LogP contribution >= 0.6 is 0 Å². The zero-order valence-electron chi connectivity index (χ0n) is 29.8.